The van der Waals surface area contributed by atoms with Crippen LogP contribution in [0.3, 0.4) is 0 Å². The molecule has 0 radical (unpaired) electrons. The van der Waals surface area contributed by atoms with Gasteiger partial charge in [0.1, 0.15) is 0 Å². The first-order valence-corrected chi connectivity index (χ1v) is 8.09. The van der Waals surface area contributed by atoms with Crippen LogP contribution in [0.2, 0.25) is 0 Å². The van der Waals surface area contributed by atoms with Gasteiger partial charge in [0.25, 0.3) is 0 Å². The molecule has 0 spiro atoms. The van der Waals surface area contributed by atoms with E-state index < -0.39 is 0 Å². The molecule has 1 atom stereocenters. The van der Waals surface area contributed by atoms with Crippen LogP contribution in [0.25, 0.3) is 0 Å². The summed E-state index contributed by atoms with van der Waals surface area (Å²) >= 11 is 5.07. The van der Waals surface area contributed by atoms with Crippen molar-refractivity contribution in [2.24, 2.45) is 0 Å². The predicted molar refractivity (Wildman–Crippen MR) is 85.1 cm³/mol. The second kappa shape index (κ2) is 7.20. The minimum Gasteiger partial charge on any atom is -0.494 e. The van der Waals surface area contributed by atoms with Gasteiger partial charge in [-0.25, -0.2) is 4.39 Å². The lowest BCUT2D eigenvalue weighted by Gasteiger charge is -2.19. The van der Waals surface area contributed by atoms with E-state index in [0.717, 1.165) is 21.6 Å². The molecule has 1 aromatic heterocycles. The Labute approximate surface area is 131 Å². The van der Waals surface area contributed by atoms with Gasteiger partial charge in [0.05, 0.1) is 16.9 Å². The smallest absolute Gasteiger partial charge is 0.170 e. The molecule has 0 saturated heterocycles. The Hall–Kier alpha value is -0.910. The lowest BCUT2D eigenvalue weighted by atomic mass is 10.0. The molecular weight excluding hydrogens is 341 g/mol. The molecule has 0 aliphatic heterocycles. The van der Waals surface area contributed by atoms with Crippen molar-refractivity contribution in [3.8, 4) is 5.75 Å². The molecule has 1 N–H and O–H groups in total. The Kier molecular flexibility index (Phi) is 5.57. The van der Waals surface area contributed by atoms with E-state index >= 15 is 0 Å². The third-order valence-electron chi connectivity index (χ3n) is 3.00. The van der Waals surface area contributed by atoms with Crippen LogP contribution in [0.5, 0.6) is 5.75 Å². The van der Waals surface area contributed by atoms with Crippen LogP contribution in [-0.2, 0) is 0 Å². The van der Waals surface area contributed by atoms with E-state index in [4.69, 9.17) is 4.74 Å². The Balaban J connectivity index is 2.41. The van der Waals surface area contributed by atoms with Gasteiger partial charge in [0.15, 0.2) is 11.6 Å². The molecule has 0 aliphatic carbocycles. The van der Waals surface area contributed by atoms with Crippen LogP contribution in [0, 0.1) is 5.82 Å². The molecule has 1 heterocycles. The van der Waals surface area contributed by atoms with Crippen LogP contribution in [0.1, 0.15) is 29.8 Å². The standard InChI is InChI=1S/C15H17BrFNOS/c1-3-9-18-15(12-7-8-13(16)20-12)10-5-4-6-11(19-2)14(10)17/h4-8,15,18H,3,9H2,1-2H3. The summed E-state index contributed by atoms with van der Waals surface area (Å²) in [6.45, 7) is 2.92. The zero-order valence-corrected chi connectivity index (χ0v) is 13.9. The number of hydrogen-bond acceptors (Lipinski definition) is 3. The van der Waals surface area contributed by atoms with Crippen LogP contribution in [-0.4, -0.2) is 13.7 Å². The van der Waals surface area contributed by atoms with Gasteiger partial charge in [-0.3, -0.25) is 0 Å². The summed E-state index contributed by atoms with van der Waals surface area (Å²) in [5.41, 5.74) is 0.618. The average Bonchev–Trinajstić information content (AvgIpc) is 2.87. The summed E-state index contributed by atoms with van der Waals surface area (Å²) in [5, 5.41) is 3.40. The highest BCUT2D eigenvalue weighted by molar-refractivity contribution is 9.11. The number of benzene rings is 1. The lowest BCUT2D eigenvalue weighted by Crippen LogP contribution is -2.23. The number of hydrogen-bond donors (Lipinski definition) is 1. The van der Waals surface area contributed by atoms with E-state index in [1.807, 2.05) is 18.2 Å². The summed E-state index contributed by atoms with van der Waals surface area (Å²) < 4.78 is 20.6. The number of methoxy groups -OCH3 is 1. The first-order chi connectivity index (χ1) is 9.67. The van der Waals surface area contributed by atoms with Gasteiger partial charge >= 0.3 is 0 Å². The van der Waals surface area contributed by atoms with Gasteiger partial charge in [0, 0.05) is 10.4 Å². The molecule has 2 nitrogen and oxygen atoms in total. The highest BCUT2D eigenvalue weighted by atomic mass is 79.9. The minimum atomic E-state index is -0.298. The molecular formula is C15H17BrFNOS. The maximum atomic E-state index is 14.5. The van der Waals surface area contributed by atoms with Gasteiger partial charge < -0.3 is 10.1 Å². The summed E-state index contributed by atoms with van der Waals surface area (Å²) in [4.78, 5) is 1.08. The van der Waals surface area contributed by atoms with Crippen molar-refractivity contribution in [1.29, 1.82) is 0 Å². The molecule has 5 heteroatoms. The molecule has 108 valence electrons. The molecule has 0 amide bonds. The maximum absolute atomic E-state index is 14.5. The highest BCUT2D eigenvalue weighted by Crippen LogP contribution is 2.34. The van der Waals surface area contributed by atoms with E-state index in [-0.39, 0.29) is 17.6 Å². The van der Waals surface area contributed by atoms with Crippen molar-refractivity contribution in [1.82, 2.24) is 5.32 Å². The van der Waals surface area contributed by atoms with E-state index in [2.05, 4.69) is 28.2 Å². The number of ether oxygens (including phenoxy) is 1. The molecule has 0 aliphatic rings. The monoisotopic (exact) mass is 357 g/mol. The first kappa shape index (κ1) is 15.5. The van der Waals surface area contributed by atoms with E-state index in [9.17, 15) is 4.39 Å². The number of nitrogens with one attached hydrogen (secondary N) is 1. The molecule has 1 aromatic carbocycles. The van der Waals surface area contributed by atoms with Crippen molar-refractivity contribution < 1.29 is 9.13 Å². The summed E-state index contributed by atoms with van der Waals surface area (Å²) in [7, 11) is 1.48. The number of thiophene rings is 1. The topological polar surface area (TPSA) is 21.3 Å². The van der Waals surface area contributed by atoms with Crippen molar-refractivity contribution in [3.05, 3.63) is 50.4 Å². The fourth-order valence-corrected chi connectivity index (χ4v) is 3.56. The van der Waals surface area contributed by atoms with Gasteiger partial charge in [-0.1, -0.05) is 19.1 Å². The zero-order chi connectivity index (χ0) is 14.5. The Morgan fingerprint density at radius 2 is 2.15 bits per heavy atom. The van der Waals surface area contributed by atoms with Crippen molar-refractivity contribution >= 4 is 27.3 Å². The first-order valence-electron chi connectivity index (χ1n) is 6.48. The third kappa shape index (κ3) is 3.40. The molecule has 20 heavy (non-hydrogen) atoms. The highest BCUT2D eigenvalue weighted by Gasteiger charge is 2.21. The van der Waals surface area contributed by atoms with Crippen molar-refractivity contribution in [3.63, 3.8) is 0 Å². The van der Waals surface area contributed by atoms with Crippen LogP contribution < -0.4 is 10.1 Å². The Bertz CT molecular complexity index is 573. The van der Waals surface area contributed by atoms with Crippen LogP contribution >= 0.6 is 27.3 Å². The number of halogens is 2. The van der Waals surface area contributed by atoms with Gasteiger partial charge in [-0.05, 0) is 47.1 Å². The minimum absolute atomic E-state index is 0.152. The molecule has 2 rings (SSSR count). The average molecular weight is 358 g/mol. The van der Waals surface area contributed by atoms with Crippen LogP contribution in [0.4, 0.5) is 4.39 Å². The quantitative estimate of drug-likeness (QED) is 0.805. The maximum Gasteiger partial charge on any atom is 0.170 e. The Morgan fingerprint density at radius 3 is 2.75 bits per heavy atom. The molecule has 0 saturated carbocycles. The van der Waals surface area contributed by atoms with Crippen molar-refractivity contribution in [2.45, 2.75) is 19.4 Å². The molecule has 0 fully saturated rings. The SMILES string of the molecule is CCCNC(c1ccc(Br)s1)c1cccc(OC)c1F. The molecule has 2 aromatic rings. The molecule has 1 unspecified atom stereocenters. The zero-order valence-electron chi connectivity index (χ0n) is 11.5. The fourth-order valence-electron chi connectivity index (χ4n) is 2.04. The summed E-state index contributed by atoms with van der Waals surface area (Å²) in [5.74, 6) is -0.0189. The van der Waals surface area contributed by atoms with Gasteiger partial charge in [-0.15, -0.1) is 11.3 Å². The predicted octanol–water partition coefficient (Wildman–Crippen LogP) is 4.75. The van der Waals surface area contributed by atoms with E-state index in [1.165, 1.54) is 7.11 Å². The number of rotatable bonds is 6. The molecule has 0 bridgehead atoms. The summed E-state index contributed by atoms with van der Waals surface area (Å²) in [6, 6.07) is 9.11. The van der Waals surface area contributed by atoms with E-state index in [1.54, 1.807) is 23.5 Å². The van der Waals surface area contributed by atoms with Crippen LogP contribution in [0.15, 0.2) is 34.1 Å². The largest absolute Gasteiger partial charge is 0.494 e. The normalized spacial score (nSPS) is 12.4. The van der Waals surface area contributed by atoms with Crippen molar-refractivity contribution in [2.75, 3.05) is 13.7 Å². The Morgan fingerprint density at radius 1 is 1.35 bits per heavy atom. The van der Waals surface area contributed by atoms with E-state index in [0.29, 0.717) is 5.56 Å². The second-order valence-electron chi connectivity index (χ2n) is 4.39. The lowest BCUT2D eigenvalue weighted by molar-refractivity contribution is 0.381. The van der Waals surface area contributed by atoms with Gasteiger partial charge in [-0.2, -0.15) is 0 Å². The third-order valence-corrected chi connectivity index (χ3v) is 4.69. The fraction of sp³-hybridized carbons (Fsp3) is 0.333. The summed E-state index contributed by atoms with van der Waals surface area (Å²) in [6.07, 6.45) is 0.995. The van der Waals surface area contributed by atoms with Gasteiger partial charge in [0.2, 0.25) is 0 Å². The second-order valence-corrected chi connectivity index (χ2v) is 6.89.